The summed E-state index contributed by atoms with van der Waals surface area (Å²) in [5.74, 6) is -17.8. The van der Waals surface area contributed by atoms with Crippen LogP contribution in [0.2, 0.25) is 0 Å². The molecule has 0 aromatic heterocycles. The molecule has 0 saturated carbocycles. The first kappa shape index (κ1) is 23.9. The van der Waals surface area contributed by atoms with Crippen molar-refractivity contribution in [2.75, 3.05) is 0 Å². The highest BCUT2D eigenvalue weighted by molar-refractivity contribution is 5.81. The summed E-state index contributed by atoms with van der Waals surface area (Å²) < 4.78 is 146. The summed E-state index contributed by atoms with van der Waals surface area (Å²) in [6, 6.07) is 3.08. The Hall–Kier alpha value is -2.12. The van der Waals surface area contributed by atoms with Gasteiger partial charge < -0.3 is 4.74 Å². The number of benzene rings is 1. The van der Waals surface area contributed by atoms with Crippen molar-refractivity contribution < 1.29 is 62.6 Å². The van der Waals surface area contributed by atoms with E-state index in [1.54, 1.807) is 0 Å². The van der Waals surface area contributed by atoms with Crippen LogP contribution in [0.5, 0.6) is 5.75 Å². The highest BCUT2D eigenvalue weighted by Crippen LogP contribution is 2.51. The van der Waals surface area contributed by atoms with Gasteiger partial charge in [0.25, 0.3) is 0 Å². The average Bonchev–Trinajstić information content (AvgIpc) is 2.42. The minimum Gasteiger partial charge on any atom is -0.422 e. The van der Waals surface area contributed by atoms with Gasteiger partial charge >= 0.3 is 36.2 Å². The number of alkyl halides is 11. The smallest absolute Gasteiger partial charge is 0.422 e. The van der Waals surface area contributed by atoms with E-state index in [1.807, 2.05) is 0 Å². The Bertz CT molecular complexity index is 719. The maximum absolute atomic E-state index is 14.0. The number of esters is 1. The van der Waals surface area contributed by atoms with Gasteiger partial charge in [0.1, 0.15) is 5.75 Å². The number of hydrogen-bond acceptors (Lipinski definition) is 3. The SMILES string of the molecule is Cc1cc(C)cc(OC(=O)C(F)(OC(F)(F)C(F)(F)C(F)(F)F)C(F)(F)F)c1. The molecule has 1 atom stereocenters. The normalized spacial score (nSPS) is 15.9. The maximum atomic E-state index is 14.0. The summed E-state index contributed by atoms with van der Waals surface area (Å²) in [6.07, 6.45) is -21.0. The predicted molar refractivity (Wildman–Crippen MR) is 68.5 cm³/mol. The molecule has 1 aromatic carbocycles. The summed E-state index contributed by atoms with van der Waals surface area (Å²) in [6.45, 7) is 2.68. The van der Waals surface area contributed by atoms with E-state index in [1.165, 1.54) is 19.9 Å². The lowest BCUT2D eigenvalue weighted by Gasteiger charge is -2.33. The van der Waals surface area contributed by atoms with Gasteiger partial charge in [-0.25, -0.2) is 4.79 Å². The van der Waals surface area contributed by atoms with E-state index in [2.05, 4.69) is 9.47 Å². The molecule has 0 bridgehead atoms. The van der Waals surface area contributed by atoms with E-state index in [-0.39, 0.29) is 11.1 Å². The van der Waals surface area contributed by atoms with Crippen LogP contribution in [-0.2, 0) is 9.53 Å². The van der Waals surface area contributed by atoms with Crippen molar-refractivity contribution in [3.63, 3.8) is 0 Å². The van der Waals surface area contributed by atoms with E-state index >= 15 is 0 Å². The van der Waals surface area contributed by atoms with Crippen LogP contribution in [0, 0.1) is 13.8 Å². The van der Waals surface area contributed by atoms with Gasteiger partial charge in [0, 0.05) is 0 Å². The van der Waals surface area contributed by atoms with Crippen LogP contribution in [-0.4, -0.2) is 36.2 Å². The fourth-order valence-electron chi connectivity index (χ4n) is 1.79. The third-order valence-corrected chi connectivity index (χ3v) is 3.02. The molecule has 0 aliphatic carbocycles. The molecule has 0 saturated heterocycles. The van der Waals surface area contributed by atoms with Crippen molar-refractivity contribution in [1.82, 2.24) is 0 Å². The van der Waals surface area contributed by atoms with Gasteiger partial charge in [-0.15, -0.1) is 0 Å². The molecule has 1 aromatic rings. The number of carbonyl (C=O) groups is 1. The largest absolute Gasteiger partial charge is 0.462 e. The Labute approximate surface area is 149 Å². The van der Waals surface area contributed by atoms with Crippen molar-refractivity contribution in [2.45, 2.75) is 44.1 Å². The predicted octanol–water partition coefficient (Wildman–Crippen LogP) is 5.24. The molecule has 3 nitrogen and oxygen atoms in total. The molecular weight excluding hydrogens is 425 g/mol. The van der Waals surface area contributed by atoms with Gasteiger partial charge in [-0.05, 0) is 37.1 Å². The second-order valence-corrected chi connectivity index (χ2v) is 5.50. The van der Waals surface area contributed by atoms with Crippen LogP contribution in [0.1, 0.15) is 11.1 Å². The number of hydrogen-bond donors (Lipinski definition) is 0. The first-order valence-electron chi connectivity index (χ1n) is 6.83. The highest BCUT2D eigenvalue weighted by atomic mass is 19.4. The Morgan fingerprint density at radius 2 is 1.18 bits per heavy atom. The molecule has 0 N–H and O–H groups in total. The number of carbonyl (C=O) groups excluding carboxylic acids is 1. The third kappa shape index (κ3) is 4.47. The monoisotopic (exact) mass is 434 g/mol. The molecule has 0 radical (unpaired) electrons. The quantitative estimate of drug-likeness (QED) is 0.361. The molecule has 0 aliphatic rings. The Morgan fingerprint density at radius 3 is 1.54 bits per heavy atom. The Morgan fingerprint density at radius 1 is 0.750 bits per heavy atom. The first-order valence-corrected chi connectivity index (χ1v) is 6.83. The van der Waals surface area contributed by atoms with Gasteiger partial charge in [0.2, 0.25) is 0 Å². The van der Waals surface area contributed by atoms with Gasteiger partial charge in [-0.3, -0.25) is 4.74 Å². The topological polar surface area (TPSA) is 35.5 Å². The molecule has 160 valence electrons. The van der Waals surface area contributed by atoms with E-state index in [9.17, 15) is 53.1 Å². The van der Waals surface area contributed by atoms with E-state index < -0.39 is 42.0 Å². The fraction of sp³-hybridized carbons (Fsp3) is 0.500. The zero-order valence-corrected chi connectivity index (χ0v) is 13.6. The van der Waals surface area contributed by atoms with Crippen molar-refractivity contribution in [1.29, 1.82) is 0 Å². The van der Waals surface area contributed by atoms with Crippen LogP contribution in [0.4, 0.5) is 48.3 Å². The van der Waals surface area contributed by atoms with E-state index in [4.69, 9.17) is 0 Å². The third-order valence-electron chi connectivity index (χ3n) is 3.02. The highest BCUT2D eigenvalue weighted by Gasteiger charge is 2.80. The van der Waals surface area contributed by atoms with Crippen LogP contribution in [0.3, 0.4) is 0 Å². The van der Waals surface area contributed by atoms with Gasteiger partial charge in [-0.2, -0.15) is 48.3 Å². The summed E-state index contributed by atoms with van der Waals surface area (Å²) in [5.41, 5.74) is 0.489. The minimum absolute atomic E-state index is 0.245. The van der Waals surface area contributed by atoms with E-state index in [0.29, 0.717) is 0 Å². The van der Waals surface area contributed by atoms with Crippen molar-refractivity contribution in [2.24, 2.45) is 0 Å². The van der Waals surface area contributed by atoms with E-state index in [0.717, 1.165) is 12.1 Å². The van der Waals surface area contributed by atoms with Gasteiger partial charge in [-0.1, -0.05) is 6.07 Å². The fourth-order valence-corrected chi connectivity index (χ4v) is 1.79. The number of halogens is 11. The molecule has 0 fully saturated rings. The maximum Gasteiger partial charge on any atom is 0.462 e. The molecule has 28 heavy (non-hydrogen) atoms. The number of ether oxygens (including phenoxy) is 2. The number of aryl methyl sites for hydroxylation is 2. The van der Waals surface area contributed by atoms with Crippen molar-refractivity contribution in [3.05, 3.63) is 29.3 Å². The first-order chi connectivity index (χ1) is 12.2. The molecule has 0 spiro atoms. The van der Waals surface area contributed by atoms with Gasteiger partial charge in [0.05, 0.1) is 0 Å². The standard InChI is InChI=1S/C14H9F11O3/c1-6-3-7(2)5-8(4-6)27-9(26)10(15,12(18,19)20)28-14(24,25)11(16,17)13(21,22)23/h3-5H,1-2H3. The summed E-state index contributed by atoms with van der Waals surface area (Å²) in [5, 5.41) is 0. The van der Waals surface area contributed by atoms with Crippen LogP contribution >= 0.6 is 0 Å². The molecular formula is C14H9F11O3. The molecule has 0 heterocycles. The molecule has 1 rings (SSSR count). The summed E-state index contributed by atoms with van der Waals surface area (Å²) in [7, 11) is 0. The molecule has 14 heteroatoms. The molecule has 0 amide bonds. The zero-order chi connectivity index (χ0) is 22.3. The van der Waals surface area contributed by atoms with Crippen LogP contribution in [0.25, 0.3) is 0 Å². The second kappa shape index (κ2) is 7.04. The molecule has 1 unspecified atom stereocenters. The lowest BCUT2D eigenvalue weighted by atomic mass is 10.1. The summed E-state index contributed by atoms with van der Waals surface area (Å²) >= 11 is 0. The lowest BCUT2D eigenvalue weighted by Crippen LogP contribution is -2.62. The van der Waals surface area contributed by atoms with Crippen molar-refractivity contribution in [3.8, 4) is 5.75 Å². The number of rotatable bonds is 5. The second-order valence-electron chi connectivity index (χ2n) is 5.50. The zero-order valence-electron chi connectivity index (χ0n) is 13.6. The molecule has 0 aliphatic heterocycles. The summed E-state index contributed by atoms with van der Waals surface area (Å²) in [4.78, 5) is 11.5. The van der Waals surface area contributed by atoms with Crippen LogP contribution in [0.15, 0.2) is 18.2 Å². The Kier molecular flexibility index (Phi) is 6.02. The minimum atomic E-state index is -7.26. The van der Waals surface area contributed by atoms with Crippen LogP contribution < -0.4 is 4.74 Å². The Balaban J connectivity index is 3.34. The lowest BCUT2D eigenvalue weighted by molar-refractivity contribution is -0.474. The van der Waals surface area contributed by atoms with Crippen molar-refractivity contribution >= 4 is 5.97 Å². The van der Waals surface area contributed by atoms with Gasteiger partial charge in [0.15, 0.2) is 0 Å². The average molecular weight is 434 g/mol.